The highest BCUT2D eigenvalue weighted by Gasteiger charge is 2.22. The lowest BCUT2D eigenvalue weighted by molar-refractivity contribution is 0.446. The molecule has 1 aliphatic heterocycles. The molecule has 3 heteroatoms. The van der Waals surface area contributed by atoms with E-state index in [1.807, 2.05) is 0 Å². The Kier molecular flexibility index (Phi) is 5.50. The zero-order chi connectivity index (χ0) is 13.7. The average Bonchev–Trinajstić information content (AvgIpc) is 2.47. The molecule has 1 atom stereocenters. The largest absolute Gasteiger partial charge is 0.354 e. The molecule has 0 bridgehead atoms. The van der Waals surface area contributed by atoms with Gasteiger partial charge in [0.1, 0.15) is 5.82 Å². The third-order valence-corrected chi connectivity index (χ3v) is 4.29. The van der Waals surface area contributed by atoms with Gasteiger partial charge < -0.3 is 4.90 Å². The maximum absolute atomic E-state index is 6.03. The molecule has 1 saturated heterocycles. The van der Waals surface area contributed by atoms with Gasteiger partial charge in [-0.2, -0.15) is 0 Å². The van der Waals surface area contributed by atoms with Crippen molar-refractivity contribution in [3.63, 3.8) is 0 Å². The van der Waals surface area contributed by atoms with Crippen LogP contribution in [0.4, 0.5) is 5.82 Å². The van der Waals surface area contributed by atoms with E-state index in [2.05, 4.69) is 30.9 Å². The van der Waals surface area contributed by atoms with Gasteiger partial charge in [0.05, 0.1) is 0 Å². The Morgan fingerprint density at radius 3 is 2.84 bits per heavy atom. The summed E-state index contributed by atoms with van der Waals surface area (Å²) in [5.41, 5.74) is 2.40. The maximum Gasteiger partial charge on any atom is 0.129 e. The number of rotatable bonds is 5. The zero-order valence-corrected chi connectivity index (χ0v) is 12.9. The Bertz CT molecular complexity index is 406. The fourth-order valence-electron chi connectivity index (χ4n) is 2.97. The van der Waals surface area contributed by atoms with Gasteiger partial charge in [-0.25, -0.2) is 4.98 Å². The Labute approximate surface area is 122 Å². The summed E-state index contributed by atoms with van der Waals surface area (Å²) in [7, 11) is 0. The molecule has 0 amide bonds. The topological polar surface area (TPSA) is 16.1 Å². The van der Waals surface area contributed by atoms with Gasteiger partial charge in [0.2, 0.25) is 0 Å². The van der Waals surface area contributed by atoms with E-state index in [0.29, 0.717) is 11.9 Å². The summed E-state index contributed by atoms with van der Waals surface area (Å²) >= 11 is 6.03. The van der Waals surface area contributed by atoms with E-state index >= 15 is 0 Å². The van der Waals surface area contributed by atoms with Crippen LogP contribution in [0, 0.1) is 0 Å². The molecule has 0 saturated carbocycles. The molecule has 0 spiro atoms. The maximum atomic E-state index is 6.03. The van der Waals surface area contributed by atoms with Crippen LogP contribution in [0.5, 0.6) is 0 Å². The van der Waals surface area contributed by atoms with E-state index in [0.717, 1.165) is 25.2 Å². The number of pyridine rings is 1. The molecule has 1 aromatic heterocycles. The van der Waals surface area contributed by atoms with Crippen molar-refractivity contribution in [1.82, 2.24) is 4.98 Å². The average molecular weight is 281 g/mol. The molecule has 1 unspecified atom stereocenters. The van der Waals surface area contributed by atoms with Gasteiger partial charge in [-0.05, 0) is 49.8 Å². The van der Waals surface area contributed by atoms with E-state index in [9.17, 15) is 0 Å². The minimum atomic E-state index is 0.580. The van der Waals surface area contributed by atoms with Crippen LogP contribution >= 0.6 is 11.6 Å². The third-order valence-electron chi connectivity index (χ3n) is 3.98. The second kappa shape index (κ2) is 7.14. The van der Waals surface area contributed by atoms with Crippen LogP contribution in [0.3, 0.4) is 0 Å². The molecular weight excluding hydrogens is 256 g/mol. The highest BCUT2D eigenvalue weighted by Crippen LogP contribution is 2.26. The summed E-state index contributed by atoms with van der Waals surface area (Å²) in [6, 6.07) is 4.99. The van der Waals surface area contributed by atoms with Gasteiger partial charge in [-0.3, -0.25) is 0 Å². The highest BCUT2D eigenvalue weighted by atomic mass is 35.5. The third kappa shape index (κ3) is 3.62. The summed E-state index contributed by atoms with van der Waals surface area (Å²) in [5.74, 6) is 1.73. The number of nitrogens with zero attached hydrogens (tertiary/aromatic N) is 2. The van der Waals surface area contributed by atoms with Crippen molar-refractivity contribution >= 4 is 17.4 Å². The number of hydrogen-bond acceptors (Lipinski definition) is 2. The van der Waals surface area contributed by atoms with Crippen LogP contribution in [0.2, 0.25) is 0 Å². The molecule has 1 fully saturated rings. The van der Waals surface area contributed by atoms with Crippen LogP contribution < -0.4 is 4.90 Å². The molecule has 0 aliphatic carbocycles. The zero-order valence-electron chi connectivity index (χ0n) is 12.2. The van der Waals surface area contributed by atoms with Crippen molar-refractivity contribution < 1.29 is 0 Å². The molecule has 0 N–H and O–H groups in total. The molecule has 19 heavy (non-hydrogen) atoms. The fourth-order valence-corrected chi connectivity index (χ4v) is 3.12. The lowest BCUT2D eigenvalue weighted by Gasteiger charge is -2.36. The summed E-state index contributed by atoms with van der Waals surface area (Å²) in [4.78, 5) is 7.36. The number of aryl methyl sites for hydroxylation is 1. The van der Waals surface area contributed by atoms with E-state index in [-0.39, 0.29) is 0 Å². The normalized spacial score (nSPS) is 19.7. The van der Waals surface area contributed by atoms with Crippen LogP contribution in [0.1, 0.15) is 57.2 Å². The number of hydrogen-bond donors (Lipinski definition) is 0. The smallest absolute Gasteiger partial charge is 0.129 e. The first-order chi connectivity index (χ1) is 9.28. The Hall–Kier alpha value is -0.760. The minimum Gasteiger partial charge on any atom is -0.354 e. The van der Waals surface area contributed by atoms with Crippen molar-refractivity contribution in [2.75, 3.05) is 11.4 Å². The van der Waals surface area contributed by atoms with Crippen molar-refractivity contribution in [3.8, 4) is 0 Å². The predicted molar refractivity (Wildman–Crippen MR) is 83.1 cm³/mol. The van der Waals surface area contributed by atoms with Gasteiger partial charge in [0, 0.05) is 24.2 Å². The van der Waals surface area contributed by atoms with Gasteiger partial charge in [-0.15, -0.1) is 11.6 Å². The lowest BCUT2D eigenvalue weighted by atomic mass is 10.00. The summed E-state index contributed by atoms with van der Waals surface area (Å²) in [5, 5.41) is 0. The SMILES string of the molecule is CCCc1cc(CCl)cc(N2CCCCC2CC)n1. The Morgan fingerprint density at radius 2 is 2.16 bits per heavy atom. The monoisotopic (exact) mass is 280 g/mol. The van der Waals surface area contributed by atoms with Crippen LogP contribution in [0.15, 0.2) is 12.1 Å². The molecule has 106 valence electrons. The van der Waals surface area contributed by atoms with E-state index < -0.39 is 0 Å². The number of aromatic nitrogens is 1. The standard InChI is InChI=1S/C16H25ClN2/c1-3-7-14-10-13(12-17)11-16(18-14)19-9-6-5-8-15(19)4-2/h10-11,15H,3-9,12H2,1-2H3. The van der Waals surface area contributed by atoms with Crippen molar-refractivity contribution in [2.45, 2.75) is 64.3 Å². The minimum absolute atomic E-state index is 0.580. The van der Waals surface area contributed by atoms with E-state index in [4.69, 9.17) is 16.6 Å². The number of piperidine rings is 1. The predicted octanol–water partition coefficient (Wildman–Crippen LogP) is 4.54. The second-order valence-electron chi connectivity index (χ2n) is 5.46. The molecular formula is C16H25ClN2. The Balaban J connectivity index is 2.28. The summed E-state index contributed by atoms with van der Waals surface area (Å²) in [6.45, 7) is 5.62. The Morgan fingerprint density at radius 1 is 1.32 bits per heavy atom. The molecule has 1 aliphatic rings. The first-order valence-electron chi connectivity index (χ1n) is 7.61. The van der Waals surface area contributed by atoms with Crippen LogP contribution in [0.25, 0.3) is 0 Å². The molecule has 2 heterocycles. The first kappa shape index (κ1) is 14.6. The summed E-state index contributed by atoms with van der Waals surface area (Å²) < 4.78 is 0. The van der Waals surface area contributed by atoms with E-state index in [1.165, 1.54) is 36.9 Å². The highest BCUT2D eigenvalue weighted by molar-refractivity contribution is 6.17. The summed E-state index contributed by atoms with van der Waals surface area (Å²) in [6.07, 6.45) is 7.32. The van der Waals surface area contributed by atoms with Crippen molar-refractivity contribution in [1.29, 1.82) is 0 Å². The number of halogens is 1. The van der Waals surface area contributed by atoms with E-state index in [1.54, 1.807) is 0 Å². The molecule has 0 radical (unpaired) electrons. The quantitative estimate of drug-likeness (QED) is 0.736. The van der Waals surface area contributed by atoms with Crippen molar-refractivity contribution in [2.24, 2.45) is 0 Å². The van der Waals surface area contributed by atoms with Crippen LogP contribution in [-0.2, 0) is 12.3 Å². The van der Waals surface area contributed by atoms with Gasteiger partial charge in [0.25, 0.3) is 0 Å². The fraction of sp³-hybridized carbons (Fsp3) is 0.688. The second-order valence-corrected chi connectivity index (χ2v) is 5.73. The molecule has 0 aromatic carbocycles. The van der Waals surface area contributed by atoms with Gasteiger partial charge in [0.15, 0.2) is 0 Å². The van der Waals surface area contributed by atoms with Crippen LogP contribution in [-0.4, -0.2) is 17.6 Å². The first-order valence-corrected chi connectivity index (χ1v) is 8.14. The molecule has 2 nitrogen and oxygen atoms in total. The molecule has 1 aromatic rings. The lowest BCUT2D eigenvalue weighted by Crippen LogP contribution is -2.39. The number of anilines is 1. The number of alkyl halides is 1. The molecule has 2 rings (SSSR count). The van der Waals surface area contributed by atoms with Gasteiger partial charge >= 0.3 is 0 Å². The van der Waals surface area contributed by atoms with Gasteiger partial charge in [-0.1, -0.05) is 20.3 Å². The van der Waals surface area contributed by atoms with Crippen molar-refractivity contribution in [3.05, 3.63) is 23.4 Å².